The van der Waals surface area contributed by atoms with E-state index >= 15 is 0 Å². The number of benzene rings is 3. The van der Waals surface area contributed by atoms with Crippen molar-refractivity contribution in [3.8, 4) is 33.6 Å². The monoisotopic (exact) mass is 700 g/mol. The molecule has 0 saturated heterocycles. The number of aromatic amines is 2. The largest absolute Gasteiger partial charge is 0.455 e. The Morgan fingerprint density at radius 2 is 1.27 bits per heavy atom. The predicted molar refractivity (Wildman–Crippen MR) is 205 cm³/mol. The molecule has 4 N–H and O–H groups in total. The van der Waals surface area contributed by atoms with E-state index in [9.17, 15) is 9.59 Å². The van der Waals surface area contributed by atoms with Gasteiger partial charge in [0.25, 0.3) is 0 Å². The summed E-state index contributed by atoms with van der Waals surface area (Å²) < 4.78 is 10.9. The normalized spacial score (nSPS) is 13.9. The van der Waals surface area contributed by atoms with E-state index in [1.54, 1.807) is 47.7 Å². The minimum Gasteiger partial charge on any atom is -0.455 e. The summed E-state index contributed by atoms with van der Waals surface area (Å²) in [7, 11) is 0. The summed E-state index contributed by atoms with van der Waals surface area (Å²) >= 11 is 0. The number of aryl methyl sites for hydroxylation is 2. The number of esters is 2. The van der Waals surface area contributed by atoms with Crippen LogP contribution in [0.3, 0.4) is 0 Å². The fourth-order valence-electron chi connectivity index (χ4n) is 6.74. The summed E-state index contributed by atoms with van der Waals surface area (Å²) in [5, 5.41) is 19.2. The number of hydrogen-bond acceptors (Lipinski definition) is 8. The molecule has 2 heterocycles. The number of fused-ring (bicyclic) bond motifs is 4. The average Bonchev–Trinajstić information content (AvgIpc) is 3.75. The molecule has 5 aromatic rings. The van der Waals surface area contributed by atoms with Crippen molar-refractivity contribution in [1.29, 1.82) is 10.8 Å². The van der Waals surface area contributed by atoms with Crippen LogP contribution in [0.15, 0.2) is 60.8 Å². The van der Waals surface area contributed by atoms with Gasteiger partial charge in [-0.1, -0.05) is 56.3 Å². The van der Waals surface area contributed by atoms with Gasteiger partial charge in [0.05, 0.1) is 29.4 Å². The molecule has 1 aliphatic carbocycles. The molecule has 0 amide bonds. The zero-order chi connectivity index (χ0) is 37.5. The maximum atomic E-state index is 12.7. The van der Waals surface area contributed by atoms with E-state index in [4.69, 9.17) is 25.3 Å². The molecular formula is C42H48N6O4. The Morgan fingerprint density at radius 1 is 0.731 bits per heavy atom. The lowest BCUT2D eigenvalue weighted by Crippen LogP contribution is -2.31. The van der Waals surface area contributed by atoms with Crippen molar-refractivity contribution in [3.05, 3.63) is 83.7 Å². The summed E-state index contributed by atoms with van der Waals surface area (Å²) in [5.41, 5.74) is 6.69. The number of imidazole rings is 2. The van der Waals surface area contributed by atoms with Crippen LogP contribution in [-0.2, 0) is 31.9 Å². The van der Waals surface area contributed by atoms with Gasteiger partial charge in [-0.2, -0.15) is 0 Å². The Labute approximate surface area is 304 Å². The fourth-order valence-corrected chi connectivity index (χ4v) is 6.74. The molecule has 2 aromatic heterocycles. The fraction of sp³-hybridized carbons (Fsp3) is 0.381. The molecule has 270 valence electrons. The Kier molecular flexibility index (Phi) is 9.79. The molecule has 6 rings (SSSR count). The van der Waals surface area contributed by atoms with E-state index in [2.05, 4.69) is 69.5 Å². The molecule has 0 aliphatic heterocycles. The van der Waals surface area contributed by atoms with E-state index in [1.165, 1.54) is 5.56 Å². The zero-order valence-corrected chi connectivity index (χ0v) is 31.3. The van der Waals surface area contributed by atoms with Gasteiger partial charge in [0.15, 0.2) is 0 Å². The number of nitrogens with one attached hydrogen (secondary N) is 4. The van der Waals surface area contributed by atoms with Crippen LogP contribution in [0.2, 0.25) is 0 Å². The van der Waals surface area contributed by atoms with E-state index in [0.29, 0.717) is 24.5 Å². The first-order chi connectivity index (χ1) is 24.5. The molecule has 0 unspecified atom stereocenters. The van der Waals surface area contributed by atoms with E-state index in [-0.39, 0.29) is 11.4 Å². The first-order valence-corrected chi connectivity index (χ1v) is 18.0. The minimum atomic E-state index is -0.673. The van der Waals surface area contributed by atoms with Gasteiger partial charge < -0.3 is 19.4 Å². The SMILES string of the molecule is CC[C@@H](C(=N)C(=O)OC(C)(C)C)c1ncc(-c2ccc3cc(-c4ccc5c(c4)CCc4[nH]c([C@@H](CC)C(=N)C(=O)OC(C)(C)C)nc4-5)ccc3c2)[nH]1. The number of H-pyrrole nitrogens is 2. The van der Waals surface area contributed by atoms with Crippen molar-refractivity contribution >= 4 is 34.1 Å². The number of hydrogen-bond donors (Lipinski definition) is 4. The number of carbonyl (C=O) groups excluding carboxylic acids is 2. The summed E-state index contributed by atoms with van der Waals surface area (Å²) in [4.78, 5) is 41.6. The maximum absolute atomic E-state index is 12.7. The third-order valence-corrected chi connectivity index (χ3v) is 9.29. The molecule has 52 heavy (non-hydrogen) atoms. The van der Waals surface area contributed by atoms with Crippen LogP contribution >= 0.6 is 0 Å². The second-order valence-electron chi connectivity index (χ2n) is 15.5. The standard InChI is InChI=1S/C42H48N6O4/c1-9-29(34(43)39(49)51-41(3,4)5)37-45-22-33(47-37)28-14-13-24-19-23(11-12-25(24)21-28)26-15-17-31-27(20-26)16-18-32-36(31)48-38(46-32)30(10-2)35(44)40(50)52-42(6,7)8/h11-15,17,19-22,29-30,43-44H,9-10,16,18H2,1-8H3,(H,45,47)(H,46,48)/t29-,30-/m0/s1. The number of aromatic nitrogens is 4. The lowest BCUT2D eigenvalue weighted by Gasteiger charge is -2.21. The lowest BCUT2D eigenvalue weighted by atomic mass is 9.89. The second-order valence-corrected chi connectivity index (χ2v) is 15.5. The number of nitrogens with zero attached hydrogens (tertiary/aromatic N) is 2. The highest BCUT2D eigenvalue weighted by Crippen LogP contribution is 2.37. The van der Waals surface area contributed by atoms with Crippen molar-refractivity contribution in [2.75, 3.05) is 0 Å². The van der Waals surface area contributed by atoms with Crippen molar-refractivity contribution < 1.29 is 19.1 Å². The van der Waals surface area contributed by atoms with Crippen molar-refractivity contribution in [2.45, 2.75) is 104 Å². The molecule has 0 radical (unpaired) electrons. The summed E-state index contributed by atoms with van der Waals surface area (Å²) in [6.45, 7) is 14.7. The van der Waals surface area contributed by atoms with Gasteiger partial charge in [-0.3, -0.25) is 10.8 Å². The maximum Gasteiger partial charge on any atom is 0.353 e. The molecule has 10 nitrogen and oxygen atoms in total. The highest BCUT2D eigenvalue weighted by molar-refractivity contribution is 6.37. The summed E-state index contributed by atoms with van der Waals surface area (Å²) in [5.74, 6) is -0.997. The number of ether oxygens (including phenoxy) is 2. The molecule has 3 aromatic carbocycles. The topological polar surface area (TPSA) is 158 Å². The van der Waals surface area contributed by atoms with E-state index in [1.807, 2.05) is 13.8 Å². The Balaban J connectivity index is 1.21. The number of carbonyl (C=O) groups is 2. The van der Waals surface area contributed by atoms with Crippen LogP contribution in [0, 0.1) is 10.8 Å². The van der Waals surface area contributed by atoms with E-state index in [0.717, 1.165) is 62.9 Å². The van der Waals surface area contributed by atoms with Gasteiger partial charge in [0.1, 0.15) is 34.3 Å². The van der Waals surface area contributed by atoms with Crippen molar-refractivity contribution in [1.82, 2.24) is 19.9 Å². The zero-order valence-electron chi connectivity index (χ0n) is 31.3. The van der Waals surface area contributed by atoms with Crippen LogP contribution < -0.4 is 0 Å². The van der Waals surface area contributed by atoms with Crippen LogP contribution in [0.5, 0.6) is 0 Å². The van der Waals surface area contributed by atoms with Crippen molar-refractivity contribution in [2.24, 2.45) is 0 Å². The second kappa shape index (κ2) is 14.0. The van der Waals surface area contributed by atoms with Crippen LogP contribution in [0.4, 0.5) is 0 Å². The summed E-state index contributed by atoms with van der Waals surface area (Å²) in [6.07, 6.45) is 4.51. The molecule has 1 aliphatic rings. The highest BCUT2D eigenvalue weighted by Gasteiger charge is 2.31. The molecule has 10 heteroatoms. The molecule has 0 spiro atoms. The lowest BCUT2D eigenvalue weighted by molar-refractivity contribution is -0.147. The van der Waals surface area contributed by atoms with Crippen LogP contribution in [0.1, 0.15) is 103 Å². The number of rotatable bonds is 10. The molecular weight excluding hydrogens is 652 g/mol. The van der Waals surface area contributed by atoms with E-state index < -0.39 is 35.0 Å². The van der Waals surface area contributed by atoms with Gasteiger partial charge in [-0.25, -0.2) is 19.6 Å². The van der Waals surface area contributed by atoms with Crippen molar-refractivity contribution in [3.63, 3.8) is 0 Å². The Bertz CT molecular complexity index is 2200. The first-order valence-electron chi connectivity index (χ1n) is 18.0. The smallest absolute Gasteiger partial charge is 0.353 e. The quantitative estimate of drug-likeness (QED) is 0.0841. The molecule has 0 fully saturated rings. The van der Waals surface area contributed by atoms with Crippen LogP contribution in [0.25, 0.3) is 44.4 Å². The third-order valence-electron chi connectivity index (χ3n) is 9.29. The van der Waals surface area contributed by atoms with Gasteiger partial charge in [0.2, 0.25) is 0 Å². The third kappa shape index (κ3) is 7.61. The average molecular weight is 701 g/mol. The Morgan fingerprint density at radius 3 is 1.87 bits per heavy atom. The van der Waals surface area contributed by atoms with Gasteiger partial charge in [-0.05, 0) is 107 Å². The van der Waals surface area contributed by atoms with Gasteiger partial charge in [0, 0.05) is 16.8 Å². The summed E-state index contributed by atoms with van der Waals surface area (Å²) in [6, 6.07) is 19.2. The van der Waals surface area contributed by atoms with Crippen LogP contribution in [-0.4, -0.2) is 54.5 Å². The molecule has 2 atom stereocenters. The first kappa shape index (κ1) is 36.4. The Hall–Kier alpha value is -5.38. The minimum absolute atomic E-state index is 0.0846. The highest BCUT2D eigenvalue weighted by atomic mass is 16.6. The molecule has 0 saturated carbocycles. The van der Waals surface area contributed by atoms with Gasteiger partial charge in [-0.15, -0.1) is 0 Å². The molecule has 0 bridgehead atoms. The van der Waals surface area contributed by atoms with Gasteiger partial charge >= 0.3 is 11.9 Å². The predicted octanol–water partition coefficient (Wildman–Crippen LogP) is 9.10.